The molecule has 0 N–H and O–H groups in total. The van der Waals surface area contributed by atoms with Crippen molar-refractivity contribution >= 4 is 28.7 Å². The van der Waals surface area contributed by atoms with Crippen LogP contribution in [-0.2, 0) is 6.54 Å². The number of aromatic nitrogens is 2. The van der Waals surface area contributed by atoms with E-state index >= 15 is 0 Å². The predicted octanol–water partition coefficient (Wildman–Crippen LogP) is 3.96. The molecule has 2 aliphatic rings. The first kappa shape index (κ1) is 18.6. The third kappa shape index (κ3) is 3.76. The van der Waals surface area contributed by atoms with Gasteiger partial charge in [0.05, 0.1) is 11.7 Å². The quantitative estimate of drug-likeness (QED) is 0.656. The highest BCUT2D eigenvalue weighted by Gasteiger charge is 2.37. The fourth-order valence-corrected chi connectivity index (χ4v) is 5.37. The van der Waals surface area contributed by atoms with E-state index in [4.69, 9.17) is 0 Å². The highest BCUT2D eigenvalue weighted by molar-refractivity contribution is 7.00. The number of hydrogen-bond donors (Lipinski definition) is 0. The Hall–Kier alpha value is -2.38. The van der Waals surface area contributed by atoms with Gasteiger partial charge < -0.3 is 4.90 Å². The van der Waals surface area contributed by atoms with Gasteiger partial charge in [0.1, 0.15) is 16.9 Å². The lowest BCUT2D eigenvalue weighted by molar-refractivity contribution is 0.0175. The Bertz CT molecular complexity index is 1040. The minimum Gasteiger partial charge on any atom is -0.338 e. The molecule has 0 radical (unpaired) electrons. The number of benzene rings is 2. The van der Waals surface area contributed by atoms with Crippen LogP contribution < -0.4 is 0 Å². The molecular weight excluding hydrogens is 387 g/mol. The maximum Gasteiger partial charge on any atom is 0.253 e. The summed E-state index contributed by atoms with van der Waals surface area (Å²) in [6.45, 7) is 3.48. The molecule has 2 saturated heterocycles. The summed E-state index contributed by atoms with van der Waals surface area (Å²) in [4.78, 5) is 17.3. The minimum atomic E-state index is -0.359. The largest absolute Gasteiger partial charge is 0.338 e. The highest BCUT2D eigenvalue weighted by atomic mass is 32.1. The molecule has 5 rings (SSSR count). The van der Waals surface area contributed by atoms with E-state index in [1.165, 1.54) is 29.4 Å². The van der Waals surface area contributed by atoms with E-state index in [-0.39, 0.29) is 11.7 Å². The van der Waals surface area contributed by atoms with Crippen LogP contribution in [0.5, 0.6) is 0 Å². The van der Waals surface area contributed by atoms with E-state index in [9.17, 15) is 9.18 Å². The van der Waals surface area contributed by atoms with Crippen molar-refractivity contribution in [3.05, 3.63) is 59.4 Å². The molecule has 7 heteroatoms. The molecule has 2 aliphatic heterocycles. The van der Waals surface area contributed by atoms with Crippen LogP contribution in [0.15, 0.2) is 42.5 Å². The van der Waals surface area contributed by atoms with Gasteiger partial charge in [0.25, 0.3) is 5.91 Å². The molecule has 0 unspecified atom stereocenters. The first-order valence-electron chi connectivity index (χ1n) is 10.2. The molecule has 0 saturated carbocycles. The number of fused-ring (bicyclic) bond motifs is 2. The molecule has 150 valence electrons. The summed E-state index contributed by atoms with van der Waals surface area (Å²) in [6.07, 6.45) is 3.25. The average molecular weight is 411 g/mol. The smallest absolute Gasteiger partial charge is 0.253 e. The van der Waals surface area contributed by atoms with Gasteiger partial charge in [0, 0.05) is 31.2 Å². The average Bonchev–Trinajstić information content (AvgIpc) is 3.21. The van der Waals surface area contributed by atoms with Gasteiger partial charge >= 0.3 is 0 Å². The van der Waals surface area contributed by atoms with E-state index in [1.807, 2.05) is 4.90 Å². The summed E-state index contributed by atoms with van der Waals surface area (Å²) < 4.78 is 22.2. The monoisotopic (exact) mass is 410 g/mol. The van der Waals surface area contributed by atoms with Gasteiger partial charge in [0.15, 0.2) is 0 Å². The topological polar surface area (TPSA) is 49.3 Å². The molecule has 1 aromatic heterocycles. The van der Waals surface area contributed by atoms with Gasteiger partial charge in [-0.2, -0.15) is 8.75 Å². The zero-order valence-corrected chi connectivity index (χ0v) is 16.9. The first-order chi connectivity index (χ1) is 14.2. The van der Waals surface area contributed by atoms with Crippen molar-refractivity contribution < 1.29 is 9.18 Å². The molecule has 1 amide bonds. The normalized spacial score (nSPS) is 22.6. The lowest BCUT2D eigenvalue weighted by Gasteiger charge is -2.47. The lowest BCUT2D eigenvalue weighted by Crippen LogP contribution is -2.54. The summed E-state index contributed by atoms with van der Waals surface area (Å²) >= 11 is 1.25. The van der Waals surface area contributed by atoms with Crippen LogP contribution in [-0.4, -0.2) is 50.1 Å². The van der Waals surface area contributed by atoms with Crippen molar-refractivity contribution in [1.29, 1.82) is 0 Å². The SMILES string of the molecule is O=C(c1cccc(F)c1)N1CC[C@H]2[C@H](CCCN2Cc2ccc3nsnc3c2)C1. The Balaban J connectivity index is 1.28. The summed E-state index contributed by atoms with van der Waals surface area (Å²) in [5.74, 6) is 0.0584. The fourth-order valence-electron chi connectivity index (χ4n) is 4.85. The fraction of sp³-hybridized carbons (Fsp3) is 0.409. The van der Waals surface area contributed by atoms with Crippen molar-refractivity contribution in [2.24, 2.45) is 5.92 Å². The molecule has 0 spiro atoms. The van der Waals surface area contributed by atoms with Crippen molar-refractivity contribution in [3.8, 4) is 0 Å². The van der Waals surface area contributed by atoms with E-state index in [0.29, 0.717) is 17.5 Å². The van der Waals surface area contributed by atoms with Crippen LogP contribution in [0.1, 0.15) is 35.2 Å². The Morgan fingerprint density at radius 1 is 1.10 bits per heavy atom. The molecule has 2 fully saturated rings. The zero-order valence-electron chi connectivity index (χ0n) is 16.1. The molecular formula is C22H23FN4OS. The molecule has 3 heterocycles. The summed E-state index contributed by atoms with van der Waals surface area (Å²) in [5, 5.41) is 0. The number of likely N-dealkylation sites (tertiary alicyclic amines) is 2. The van der Waals surface area contributed by atoms with Crippen LogP contribution in [0, 0.1) is 11.7 Å². The van der Waals surface area contributed by atoms with E-state index in [0.717, 1.165) is 56.5 Å². The first-order valence-corrected chi connectivity index (χ1v) is 10.9. The van der Waals surface area contributed by atoms with Gasteiger partial charge in [-0.3, -0.25) is 9.69 Å². The van der Waals surface area contributed by atoms with E-state index in [2.05, 4.69) is 31.8 Å². The van der Waals surface area contributed by atoms with Gasteiger partial charge in [-0.1, -0.05) is 12.1 Å². The maximum absolute atomic E-state index is 13.5. The van der Waals surface area contributed by atoms with E-state index in [1.54, 1.807) is 12.1 Å². The van der Waals surface area contributed by atoms with Crippen LogP contribution in [0.25, 0.3) is 11.0 Å². The number of rotatable bonds is 3. The molecule has 3 aromatic rings. The van der Waals surface area contributed by atoms with Gasteiger partial charge in [-0.05, 0) is 67.6 Å². The minimum absolute atomic E-state index is 0.0541. The Morgan fingerprint density at radius 3 is 2.90 bits per heavy atom. The Kier molecular flexibility index (Phi) is 5.01. The van der Waals surface area contributed by atoms with Gasteiger partial charge in [-0.15, -0.1) is 0 Å². The number of nitrogens with zero attached hydrogens (tertiary/aromatic N) is 4. The molecule has 0 aliphatic carbocycles. The van der Waals surface area contributed by atoms with Crippen LogP contribution in [0.2, 0.25) is 0 Å². The lowest BCUT2D eigenvalue weighted by atomic mass is 9.83. The van der Waals surface area contributed by atoms with Crippen molar-refractivity contribution in [3.63, 3.8) is 0 Å². The second kappa shape index (κ2) is 7.80. The van der Waals surface area contributed by atoms with Gasteiger partial charge in [0.2, 0.25) is 0 Å². The molecule has 0 bridgehead atoms. The molecule has 2 atom stereocenters. The number of carbonyl (C=O) groups excluding carboxylic acids is 1. The second-order valence-corrected chi connectivity index (χ2v) is 8.61. The van der Waals surface area contributed by atoms with Gasteiger partial charge in [-0.25, -0.2) is 4.39 Å². The zero-order chi connectivity index (χ0) is 19.8. The van der Waals surface area contributed by atoms with Crippen LogP contribution in [0.4, 0.5) is 4.39 Å². The third-order valence-corrected chi connectivity index (χ3v) is 6.80. The third-order valence-electron chi connectivity index (χ3n) is 6.25. The standard InChI is InChI=1S/C22H23FN4OS/c23-18-5-1-3-16(12-18)22(28)27-10-8-21-17(14-27)4-2-9-26(21)13-15-6-7-19-20(11-15)25-29-24-19/h1,3,5-7,11-12,17,21H,2,4,8-10,13-14H2/t17-,21+/m1/s1. The van der Waals surface area contributed by atoms with E-state index < -0.39 is 0 Å². The molecule has 5 nitrogen and oxygen atoms in total. The summed E-state index contributed by atoms with van der Waals surface area (Å²) in [6, 6.07) is 12.9. The molecule has 2 aromatic carbocycles. The summed E-state index contributed by atoms with van der Waals surface area (Å²) in [5.41, 5.74) is 3.64. The van der Waals surface area contributed by atoms with Crippen LogP contribution in [0.3, 0.4) is 0 Å². The predicted molar refractivity (Wildman–Crippen MR) is 111 cm³/mol. The second-order valence-electron chi connectivity index (χ2n) is 8.08. The Labute approximate surface area is 173 Å². The number of carbonyl (C=O) groups is 1. The Morgan fingerprint density at radius 2 is 2.00 bits per heavy atom. The number of piperidine rings is 2. The van der Waals surface area contributed by atoms with Crippen molar-refractivity contribution in [2.45, 2.75) is 31.8 Å². The number of hydrogen-bond acceptors (Lipinski definition) is 5. The highest BCUT2D eigenvalue weighted by Crippen LogP contribution is 2.32. The molecule has 29 heavy (non-hydrogen) atoms. The van der Waals surface area contributed by atoms with Crippen LogP contribution >= 0.6 is 11.7 Å². The number of amides is 1. The van der Waals surface area contributed by atoms with Crippen molar-refractivity contribution in [2.75, 3.05) is 19.6 Å². The number of halogens is 1. The maximum atomic E-state index is 13.5. The van der Waals surface area contributed by atoms with Crippen molar-refractivity contribution in [1.82, 2.24) is 18.5 Å². The summed E-state index contributed by atoms with van der Waals surface area (Å²) in [7, 11) is 0.